The number of hydrogen-bond donors (Lipinski definition) is 4. The first-order chi connectivity index (χ1) is 16.2. The number of hydrogen-bond acceptors (Lipinski definition) is 7. The molecule has 1 aliphatic carbocycles. The second-order valence-corrected chi connectivity index (χ2v) is 8.00. The second-order valence-electron chi connectivity index (χ2n) is 8.00. The Morgan fingerprint density at radius 1 is 0.912 bits per heavy atom. The second kappa shape index (κ2) is 9.77. The van der Waals surface area contributed by atoms with E-state index in [0.717, 1.165) is 5.56 Å². The Labute approximate surface area is 190 Å². The van der Waals surface area contributed by atoms with Gasteiger partial charge < -0.3 is 25.3 Å². The van der Waals surface area contributed by atoms with Crippen LogP contribution in [-0.4, -0.2) is 32.6 Å². The summed E-state index contributed by atoms with van der Waals surface area (Å²) in [5.74, 6) is -6.12. The van der Waals surface area contributed by atoms with Gasteiger partial charge in [-0.05, 0) is 49.3 Å². The molecule has 180 valence electrons. The Bertz CT molecular complexity index is 1200. The zero-order valence-corrected chi connectivity index (χ0v) is 17.6. The third-order valence-electron chi connectivity index (χ3n) is 5.78. The van der Waals surface area contributed by atoms with Crippen molar-refractivity contribution >= 4 is 23.3 Å². The minimum atomic E-state index is -1.38. The van der Waals surface area contributed by atoms with Crippen LogP contribution in [0.1, 0.15) is 47.8 Å². The standard InChI is InChI=1S/C22H20F4N4O4/c23-13-8-16(26)18(9-14(13)24)28-22-30-29-20(34-22)19(31)27-17-6-5-12(7-15(17)25)10-1-3-11(4-2-10)21(32)33/h5-11,21,32-33H,1-4H2,(H,27,31)(H,28,30). The monoisotopic (exact) mass is 480 g/mol. The number of amides is 1. The number of anilines is 3. The van der Waals surface area contributed by atoms with E-state index in [1.165, 1.54) is 12.1 Å². The van der Waals surface area contributed by atoms with Gasteiger partial charge in [0.15, 0.2) is 17.9 Å². The number of rotatable bonds is 6. The summed E-state index contributed by atoms with van der Waals surface area (Å²) in [6.45, 7) is 0. The molecule has 34 heavy (non-hydrogen) atoms. The molecule has 3 aromatic rings. The molecule has 1 amide bonds. The first-order valence-electron chi connectivity index (χ1n) is 10.4. The number of carbonyl (C=O) groups excluding carboxylic acids is 1. The molecule has 0 unspecified atom stereocenters. The zero-order chi connectivity index (χ0) is 24.4. The number of aliphatic hydroxyl groups excluding tert-OH is 1. The van der Waals surface area contributed by atoms with E-state index in [1.54, 1.807) is 6.07 Å². The molecule has 0 atom stereocenters. The smallest absolute Gasteiger partial charge is 0.320 e. The van der Waals surface area contributed by atoms with Crippen molar-refractivity contribution in [1.82, 2.24) is 10.2 Å². The van der Waals surface area contributed by atoms with Gasteiger partial charge in [0, 0.05) is 18.1 Å². The van der Waals surface area contributed by atoms with Crippen molar-refractivity contribution in [3.05, 3.63) is 65.1 Å². The average molecular weight is 480 g/mol. The first-order valence-corrected chi connectivity index (χ1v) is 10.4. The fraction of sp³-hybridized carbons (Fsp3) is 0.318. The number of nitrogens with zero attached hydrogens (tertiary/aromatic N) is 2. The lowest BCUT2D eigenvalue weighted by Gasteiger charge is -2.29. The molecule has 0 saturated heterocycles. The lowest BCUT2D eigenvalue weighted by Crippen LogP contribution is -2.24. The van der Waals surface area contributed by atoms with Gasteiger partial charge in [0.25, 0.3) is 0 Å². The van der Waals surface area contributed by atoms with Crippen molar-refractivity contribution in [3.63, 3.8) is 0 Å². The minimum Gasteiger partial charge on any atom is -0.399 e. The molecule has 8 nitrogen and oxygen atoms in total. The van der Waals surface area contributed by atoms with E-state index in [9.17, 15) is 32.6 Å². The summed E-state index contributed by atoms with van der Waals surface area (Å²) in [7, 11) is 0. The van der Waals surface area contributed by atoms with E-state index in [0.29, 0.717) is 37.8 Å². The summed E-state index contributed by atoms with van der Waals surface area (Å²) in [4.78, 5) is 12.4. The highest BCUT2D eigenvalue weighted by atomic mass is 19.2. The van der Waals surface area contributed by atoms with Gasteiger partial charge in [0.1, 0.15) is 11.6 Å². The summed E-state index contributed by atoms with van der Waals surface area (Å²) in [5.41, 5.74) is 0.116. The highest BCUT2D eigenvalue weighted by Crippen LogP contribution is 2.37. The molecule has 0 spiro atoms. The molecule has 2 aromatic carbocycles. The van der Waals surface area contributed by atoms with Crippen molar-refractivity contribution in [2.24, 2.45) is 5.92 Å². The maximum absolute atomic E-state index is 14.6. The molecule has 0 bridgehead atoms. The van der Waals surface area contributed by atoms with Crippen molar-refractivity contribution in [2.45, 2.75) is 37.9 Å². The van der Waals surface area contributed by atoms with Gasteiger partial charge >= 0.3 is 17.8 Å². The van der Waals surface area contributed by atoms with E-state index in [2.05, 4.69) is 20.8 Å². The van der Waals surface area contributed by atoms with E-state index in [-0.39, 0.29) is 17.5 Å². The maximum atomic E-state index is 14.6. The van der Waals surface area contributed by atoms with Crippen LogP contribution in [-0.2, 0) is 0 Å². The molecule has 0 aliphatic heterocycles. The molecule has 4 rings (SSSR count). The SMILES string of the molecule is O=C(Nc1ccc(C2CCC(C(O)O)CC2)cc1F)c1nnc(Nc2cc(F)c(F)cc2F)o1. The van der Waals surface area contributed by atoms with Crippen LogP contribution in [0.2, 0.25) is 0 Å². The molecular formula is C22H20F4N4O4. The molecule has 1 heterocycles. The fourth-order valence-corrected chi connectivity index (χ4v) is 3.91. The maximum Gasteiger partial charge on any atom is 0.320 e. The molecule has 1 saturated carbocycles. The third kappa shape index (κ3) is 5.18. The van der Waals surface area contributed by atoms with E-state index < -0.39 is 53.1 Å². The Morgan fingerprint density at radius 3 is 2.26 bits per heavy atom. The van der Waals surface area contributed by atoms with Crippen LogP contribution >= 0.6 is 0 Å². The van der Waals surface area contributed by atoms with Gasteiger partial charge in [-0.1, -0.05) is 11.2 Å². The van der Waals surface area contributed by atoms with Crippen LogP contribution in [0, 0.1) is 29.2 Å². The topological polar surface area (TPSA) is 121 Å². The summed E-state index contributed by atoms with van der Waals surface area (Å²) >= 11 is 0. The minimum absolute atomic E-state index is 0.0653. The highest BCUT2D eigenvalue weighted by molar-refractivity contribution is 6.01. The number of halogens is 4. The summed E-state index contributed by atoms with van der Waals surface area (Å²) in [6.07, 6.45) is 1.24. The predicted molar refractivity (Wildman–Crippen MR) is 111 cm³/mol. The molecule has 4 N–H and O–H groups in total. The van der Waals surface area contributed by atoms with Crippen molar-refractivity contribution < 1.29 is 37.0 Å². The average Bonchev–Trinajstić information content (AvgIpc) is 3.27. The summed E-state index contributed by atoms with van der Waals surface area (Å²) in [5, 5.41) is 30.1. The number of aromatic nitrogens is 2. The van der Waals surface area contributed by atoms with E-state index >= 15 is 0 Å². The van der Waals surface area contributed by atoms with Gasteiger partial charge in [-0.25, -0.2) is 17.6 Å². The molecule has 1 aromatic heterocycles. The normalized spacial score (nSPS) is 18.2. The highest BCUT2D eigenvalue weighted by Gasteiger charge is 2.27. The molecule has 1 fully saturated rings. The van der Waals surface area contributed by atoms with Crippen LogP contribution in [0.5, 0.6) is 0 Å². The first kappa shape index (κ1) is 23.6. The van der Waals surface area contributed by atoms with Crippen molar-refractivity contribution in [1.29, 1.82) is 0 Å². The number of benzene rings is 2. The van der Waals surface area contributed by atoms with Crippen LogP contribution in [0.3, 0.4) is 0 Å². The number of carbonyl (C=O) groups is 1. The zero-order valence-electron chi connectivity index (χ0n) is 17.6. The summed E-state index contributed by atoms with van der Waals surface area (Å²) < 4.78 is 59.7. The fourth-order valence-electron chi connectivity index (χ4n) is 3.91. The molecule has 1 aliphatic rings. The van der Waals surface area contributed by atoms with Crippen LogP contribution in [0.15, 0.2) is 34.7 Å². The number of nitrogens with one attached hydrogen (secondary N) is 2. The largest absolute Gasteiger partial charge is 0.399 e. The molecule has 12 heteroatoms. The van der Waals surface area contributed by atoms with Crippen LogP contribution in [0.25, 0.3) is 0 Å². The quantitative estimate of drug-likeness (QED) is 0.237. The van der Waals surface area contributed by atoms with Crippen molar-refractivity contribution in [3.8, 4) is 0 Å². The van der Waals surface area contributed by atoms with Crippen LogP contribution < -0.4 is 10.6 Å². The van der Waals surface area contributed by atoms with Crippen LogP contribution in [0.4, 0.5) is 35.0 Å². The summed E-state index contributed by atoms with van der Waals surface area (Å²) in [6, 6.07) is 4.78. The van der Waals surface area contributed by atoms with Gasteiger partial charge in [-0.15, -0.1) is 5.10 Å². The van der Waals surface area contributed by atoms with Gasteiger partial charge in [-0.2, -0.15) is 0 Å². The Hall–Kier alpha value is -3.51. The van der Waals surface area contributed by atoms with E-state index in [1.807, 2.05) is 0 Å². The van der Waals surface area contributed by atoms with Gasteiger partial charge in [0.05, 0.1) is 11.4 Å². The number of aliphatic hydroxyl groups is 2. The Balaban J connectivity index is 1.40. The van der Waals surface area contributed by atoms with Gasteiger partial charge in [-0.3, -0.25) is 4.79 Å². The third-order valence-corrected chi connectivity index (χ3v) is 5.78. The lowest BCUT2D eigenvalue weighted by atomic mass is 9.78. The van der Waals surface area contributed by atoms with Gasteiger partial charge in [0.2, 0.25) is 0 Å². The Kier molecular flexibility index (Phi) is 6.80. The van der Waals surface area contributed by atoms with Crippen molar-refractivity contribution in [2.75, 3.05) is 10.6 Å². The molecular weight excluding hydrogens is 460 g/mol. The lowest BCUT2D eigenvalue weighted by molar-refractivity contribution is -0.0937. The van der Waals surface area contributed by atoms with E-state index in [4.69, 9.17) is 4.42 Å². The predicted octanol–water partition coefficient (Wildman–Crippen LogP) is 4.21. The Morgan fingerprint density at radius 2 is 1.59 bits per heavy atom. The molecule has 0 radical (unpaired) electrons.